The second-order valence-electron chi connectivity index (χ2n) is 8.40. The van der Waals surface area contributed by atoms with Crippen molar-refractivity contribution in [3.05, 3.63) is 46.6 Å². The summed E-state index contributed by atoms with van der Waals surface area (Å²) in [5, 5.41) is 3.56. The highest BCUT2D eigenvalue weighted by atomic mass is 16.5. The van der Waals surface area contributed by atoms with Crippen molar-refractivity contribution in [3.63, 3.8) is 0 Å². The number of benzene rings is 1. The van der Waals surface area contributed by atoms with E-state index in [2.05, 4.69) is 30.1 Å². The van der Waals surface area contributed by atoms with E-state index in [0.29, 0.717) is 17.5 Å². The van der Waals surface area contributed by atoms with Crippen molar-refractivity contribution >= 4 is 17.7 Å². The smallest absolute Gasteiger partial charge is 0.337 e. The highest BCUT2D eigenvalue weighted by molar-refractivity contribution is 5.89. The molecule has 2 heterocycles. The summed E-state index contributed by atoms with van der Waals surface area (Å²) in [4.78, 5) is 23.8. The molecule has 0 atom stereocenters. The van der Waals surface area contributed by atoms with Crippen LogP contribution in [0.1, 0.15) is 72.6 Å². The highest BCUT2D eigenvalue weighted by Crippen LogP contribution is 2.28. The molecule has 0 spiro atoms. The van der Waals surface area contributed by atoms with Gasteiger partial charge in [0.05, 0.1) is 18.4 Å². The molecule has 6 nitrogen and oxygen atoms in total. The van der Waals surface area contributed by atoms with Crippen molar-refractivity contribution in [2.24, 2.45) is 0 Å². The van der Waals surface area contributed by atoms with Gasteiger partial charge in [0, 0.05) is 25.2 Å². The first kappa shape index (κ1) is 19.7. The van der Waals surface area contributed by atoms with E-state index in [9.17, 15) is 4.79 Å². The molecule has 29 heavy (non-hydrogen) atoms. The van der Waals surface area contributed by atoms with Gasteiger partial charge in [-0.25, -0.2) is 9.78 Å². The number of hydrogen-bond donors (Lipinski definition) is 1. The molecule has 1 aliphatic heterocycles. The van der Waals surface area contributed by atoms with Gasteiger partial charge < -0.3 is 15.0 Å². The standard InChI is InChI=1S/C23H30N4O2/c1-15(2)20-13-21(26-23(25-20)24-19-6-4-5-7-19)27-11-10-16-12-17(22(28)29-3)8-9-18(16)14-27/h8-9,12-13,15,19H,4-7,10-11,14H2,1-3H3,(H,24,25,26). The molecule has 0 saturated heterocycles. The maximum atomic E-state index is 11.8. The van der Waals surface area contributed by atoms with Crippen molar-refractivity contribution in [1.82, 2.24) is 9.97 Å². The number of rotatable bonds is 5. The number of esters is 1. The number of methoxy groups -OCH3 is 1. The molecule has 0 amide bonds. The summed E-state index contributed by atoms with van der Waals surface area (Å²) >= 11 is 0. The molecule has 1 aromatic carbocycles. The first-order valence-corrected chi connectivity index (χ1v) is 10.6. The molecule has 0 unspecified atom stereocenters. The molecule has 1 saturated carbocycles. The predicted octanol–water partition coefficient (Wildman–Crippen LogP) is 4.30. The fraction of sp³-hybridized carbons (Fsp3) is 0.522. The Morgan fingerprint density at radius 3 is 2.69 bits per heavy atom. The second kappa shape index (κ2) is 8.39. The SMILES string of the molecule is COC(=O)c1ccc2c(c1)CCN(c1cc(C(C)C)nc(NC3CCCC3)n1)C2. The van der Waals surface area contributed by atoms with Crippen molar-refractivity contribution in [2.75, 3.05) is 23.9 Å². The Kier molecular flexibility index (Phi) is 5.69. The minimum absolute atomic E-state index is 0.282. The first-order chi connectivity index (χ1) is 14.0. The van der Waals surface area contributed by atoms with Crippen molar-refractivity contribution in [3.8, 4) is 0 Å². The monoisotopic (exact) mass is 394 g/mol. The Morgan fingerprint density at radius 1 is 1.17 bits per heavy atom. The predicted molar refractivity (Wildman–Crippen MR) is 115 cm³/mol. The zero-order valence-electron chi connectivity index (χ0n) is 17.6. The molecular weight excluding hydrogens is 364 g/mol. The van der Waals surface area contributed by atoms with Crippen molar-refractivity contribution in [2.45, 2.75) is 64.5 Å². The largest absolute Gasteiger partial charge is 0.465 e. The summed E-state index contributed by atoms with van der Waals surface area (Å²) in [7, 11) is 1.42. The molecule has 1 aliphatic carbocycles. The summed E-state index contributed by atoms with van der Waals surface area (Å²) in [5.74, 6) is 1.80. The lowest BCUT2D eigenvalue weighted by Gasteiger charge is -2.31. The molecule has 1 fully saturated rings. The average molecular weight is 395 g/mol. The topological polar surface area (TPSA) is 67.3 Å². The summed E-state index contributed by atoms with van der Waals surface area (Å²) in [6, 6.07) is 8.46. The first-order valence-electron chi connectivity index (χ1n) is 10.6. The van der Waals surface area contributed by atoms with E-state index in [1.54, 1.807) is 0 Å². The van der Waals surface area contributed by atoms with Gasteiger partial charge in [-0.2, -0.15) is 4.98 Å². The molecule has 2 aromatic rings. The third kappa shape index (κ3) is 4.36. The molecule has 2 aliphatic rings. The number of anilines is 2. The average Bonchev–Trinajstić information content (AvgIpc) is 3.25. The second-order valence-corrected chi connectivity index (χ2v) is 8.40. The molecule has 0 radical (unpaired) electrons. The van der Waals surface area contributed by atoms with E-state index in [1.165, 1.54) is 43.9 Å². The van der Waals surface area contributed by atoms with Crippen LogP contribution in [0.5, 0.6) is 0 Å². The summed E-state index contributed by atoms with van der Waals surface area (Å²) < 4.78 is 4.85. The molecule has 154 valence electrons. The number of hydrogen-bond acceptors (Lipinski definition) is 6. The van der Waals surface area contributed by atoms with Gasteiger partial charge in [0.25, 0.3) is 0 Å². The van der Waals surface area contributed by atoms with Gasteiger partial charge in [-0.3, -0.25) is 0 Å². The fourth-order valence-electron chi connectivity index (χ4n) is 4.22. The number of aromatic nitrogens is 2. The lowest BCUT2D eigenvalue weighted by Crippen LogP contribution is -2.32. The van der Waals surface area contributed by atoms with Crippen LogP contribution in [0.2, 0.25) is 0 Å². The lowest BCUT2D eigenvalue weighted by atomic mass is 9.97. The Hall–Kier alpha value is -2.63. The van der Waals surface area contributed by atoms with Gasteiger partial charge in [-0.1, -0.05) is 32.8 Å². The van der Waals surface area contributed by atoms with Crippen LogP contribution >= 0.6 is 0 Å². The zero-order chi connectivity index (χ0) is 20.4. The van der Waals surface area contributed by atoms with Crippen LogP contribution in [0.25, 0.3) is 0 Å². The Labute approximate surface area is 172 Å². The number of carbonyl (C=O) groups is 1. The quantitative estimate of drug-likeness (QED) is 0.763. The maximum Gasteiger partial charge on any atom is 0.337 e. The van der Waals surface area contributed by atoms with E-state index >= 15 is 0 Å². The van der Waals surface area contributed by atoms with Gasteiger partial charge in [-0.15, -0.1) is 0 Å². The molecular formula is C23H30N4O2. The van der Waals surface area contributed by atoms with E-state index in [-0.39, 0.29) is 5.97 Å². The third-order valence-corrected chi connectivity index (χ3v) is 5.98. The summed E-state index contributed by atoms with van der Waals surface area (Å²) in [5.41, 5.74) is 4.14. The normalized spacial score (nSPS) is 16.8. The van der Waals surface area contributed by atoms with Crippen LogP contribution in [0, 0.1) is 0 Å². The number of ether oxygens (including phenoxy) is 1. The van der Waals surface area contributed by atoms with E-state index in [4.69, 9.17) is 14.7 Å². The van der Waals surface area contributed by atoms with Crippen LogP contribution < -0.4 is 10.2 Å². The Morgan fingerprint density at radius 2 is 1.97 bits per heavy atom. The van der Waals surface area contributed by atoms with Crippen LogP contribution in [-0.4, -0.2) is 35.6 Å². The minimum atomic E-state index is -0.282. The van der Waals surface area contributed by atoms with Crippen molar-refractivity contribution < 1.29 is 9.53 Å². The lowest BCUT2D eigenvalue weighted by molar-refractivity contribution is 0.0600. The third-order valence-electron chi connectivity index (χ3n) is 5.98. The number of nitrogens with zero attached hydrogens (tertiary/aromatic N) is 3. The molecule has 6 heteroatoms. The molecule has 4 rings (SSSR count). The number of fused-ring (bicyclic) bond motifs is 1. The maximum absolute atomic E-state index is 11.8. The highest BCUT2D eigenvalue weighted by Gasteiger charge is 2.22. The van der Waals surface area contributed by atoms with Crippen LogP contribution in [0.15, 0.2) is 24.3 Å². The van der Waals surface area contributed by atoms with Gasteiger partial charge in [0.1, 0.15) is 5.82 Å². The number of nitrogens with one attached hydrogen (secondary N) is 1. The van der Waals surface area contributed by atoms with Gasteiger partial charge in [0.2, 0.25) is 5.95 Å². The van der Waals surface area contributed by atoms with Crippen molar-refractivity contribution in [1.29, 1.82) is 0 Å². The molecule has 0 bridgehead atoms. The van der Waals surface area contributed by atoms with Crippen LogP contribution in [0.4, 0.5) is 11.8 Å². The van der Waals surface area contributed by atoms with Crippen LogP contribution in [-0.2, 0) is 17.7 Å². The summed E-state index contributed by atoms with van der Waals surface area (Å²) in [6.45, 7) is 6.00. The van der Waals surface area contributed by atoms with Crippen LogP contribution in [0.3, 0.4) is 0 Å². The Bertz CT molecular complexity index is 890. The van der Waals surface area contributed by atoms with Gasteiger partial charge in [-0.05, 0) is 48.4 Å². The molecule has 1 N–H and O–H groups in total. The van der Waals surface area contributed by atoms with E-state index < -0.39 is 0 Å². The van der Waals surface area contributed by atoms with Gasteiger partial charge >= 0.3 is 5.97 Å². The van der Waals surface area contributed by atoms with Gasteiger partial charge in [0.15, 0.2) is 0 Å². The van der Waals surface area contributed by atoms with E-state index in [0.717, 1.165) is 37.0 Å². The zero-order valence-corrected chi connectivity index (χ0v) is 17.6. The fourth-order valence-corrected chi connectivity index (χ4v) is 4.22. The molecule has 1 aromatic heterocycles. The van der Waals surface area contributed by atoms with E-state index in [1.807, 2.05) is 18.2 Å². The Balaban J connectivity index is 1.57. The number of carbonyl (C=O) groups excluding carboxylic acids is 1. The summed E-state index contributed by atoms with van der Waals surface area (Å²) in [6.07, 6.45) is 5.84. The minimum Gasteiger partial charge on any atom is -0.465 e.